The summed E-state index contributed by atoms with van der Waals surface area (Å²) in [7, 11) is 0. The van der Waals surface area contributed by atoms with Crippen LogP contribution in [0.25, 0.3) is 33.5 Å². The van der Waals surface area contributed by atoms with Crippen molar-refractivity contribution in [1.29, 1.82) is 0 Å². The molecule has 0 atom stereocenters. The SMILES string of the molecule is CCc1cc(CC)cc(-c2nc3ccccc3nc2-c2cc(CC)cc(CC)c2)c1. The summed E-state index contributed by atoms with van der Waals surface area (Å²) >= 11 is 0. The lowest BCUT2D eigenvalue weighted by Gasteiger charge is -2.14. The molecule has 0 unspecified atom stereocenters. The van der Waals surface area contributed by atoms with E-state index < -0.39 is 0 Å². The van der Waals surface area contributed by atoms with Crippen LogP contribution >= 0.6 is 0 Å². The fraction of sp³-hybridized carbons (Fsp3) is 0.286. The number of aryl methyl sites for hydroxylation is 4. The Bertz CT molecular complexity index is 1050. The zero-order chi connectivity index (χ0) is 21.1. The molecule has 0 amide bonds. The fourth-order valence-electron chi connectivity index (χ4n) is 4.02. The van der Waals surface area contributed by atoms with E-state index in [1.165, 1.54) is 33.4 Å². The maximum atomic E-state index is 5.12. The molecule has 0 fully saturated rings. The predicted molar refractivity (Wildman–Crippen MR) is 128 cm³/mol. The number of hydrogen-bond acceptors (Lipinski definition) is 2. The van der Waals surface area contributed by atoms with Gasteiger partial charge in [0.1, 0.15) is 0 Å². The Labute approximate surface area is 180 Å². The molecule has 2 nitrogen and oxygen atoms in total. The number of fused-ring (bicyclic) bond motifs is 1. The van der Waals surface area contributed by atoms with Crippen LogP contribution in [0, 0.1) is 0 Å². The van der Waals surface area contributed by atoms with Gasteiger partial charge in [-0.05, 0) is 84.3 Å². The Morgan fingerprint density at radius 2 is 0.833 bits per heavy atom. The molecule has 0 aliphatic heterocycles. The Morgan fingerprint density at radius 1 is 0.500 bits per heavy atom. The average Bonchev–Trinajstić information content (AvgIpc) is 2.82. The number of nitrogens with zero attached hydrogens (tertiary/aromatic N) is 2. The molecule has 4 rings (SSSR count). The molecule has 0 radical (unpaired) electrons. The molecule has 0 aliphatic carbocycles. The Balaban J connectivity index is 2.03. The molecular weight excluding hydrogens is 364 g/mol. The smallest absolute Gasteiger partial charge is 0.0973 e. The highest BCUT2D eigenvalue weighted by atomic mass is 14.8. The van der Waals surface area contributed by atoms with Crippen molar-refractivity contribution in [1.82, 2.24) is 9.97 Å². The Kier molecular flexibility index (Phi) is 5.94. The van der Waals surface area contributed by atoms with Gasteiger partial charge in [0.05, 0.1) is 22.4 Å². The van der Waals surface area contributed by atoms with Crippen LogP contribution in [0.3, 0.4) is 0 Å². The number of para-hydroxylation sites is 2. The highest BCUT2D eigenvalue weighted by molar-refractivity contribution is 5.86. The molecule has 2 heteroatoms. The molecule has 30 heavy (non-hydrogen) atoms. The molecule has 0 spiro atoms. The molecule has 4 aromatic rings. The highest BCUT2D eigenvalue weighted by Gasteiger charge is 2.15. The first-order chi connectivity index (χ1) is 14.6. The van der Waals surface area contributed by atoms with Gasteiger partial charge in [0.15, 0.2) is 0 Å². The maximum Gasteiger partial charge on any atom is 0.0973 e. The van der Waals surface area contributed by atoms with Crippen LogP contribution in [-0.2, 0) is 25.7 Å². The van der Waals surface area contributed by atoms with Crippen molar-refractivity contribution in [2.24, 2.45) is 0 Å². The first-order valence-electron chi connectivity index (χ1n) is 11.2. The van der Waals surface area contributed by atoms with E-state index in [2.05, 4.69) is 76.2 Å². The van der Waals surface area contributed by atoms with Crippen LogP contribution in [0.15, 0.2) is 60.7 Å². The van der Waals surface area contributed by atoms with Gasteiger partial charge in [-0.1, -0.05) is 52.0 Å². The van der Waals surface area contributed by atoms with Crippen molar-refractivity contribution in [2.75, 3.05) is 0 Å². The standard InChI is InChI=1S/C28H30N2/c1-5-19-13-20(6-2)16-23(15-19)27-28(30-26-12-10-9-11-25(26)29-27)24-17-21(7-3)14-22(8-4)18-24/h9-18H,5-8H2,1-4H3. The molecular formula is C28H30N2. The van der Waals surface area contributed by atoms with Crippen LogP contribution in [-0.4, -0.2) is 9.97 Å². The van der Waals surface area contributed by atoms with E-state index in [4.69, 9.17) is 9.97 Å². The highest BCUT2D eigenvalue weighted by Crippen LogP contribution is 2.33. The van der Waals surface area contributed by atoms with E-state index in [1.54, 1.807) is 0 Å². The van der Waals surface area contributed by atoms with E-state index in [1.807, 2.05) is 12.1 Å². The Hall–Kier alpha value is -3.00. The normalized spacial score (nSPS) is 11.2. The summed E-state index contributed by atoms with van der Waals surface area (Å²) in [4.78, 5) is 10.2. The summed E-state index contributed by atoms with van der Waals surface area (Å²) in [5, 5.41) is 0. The summed E-state index contributed by atoms with van der Waals surface area (Å²) in [6.07, 6.45) is 4.07. The predicted octanol–water partition coefficient (Wildman–Crippen LogP) is 7.21. The van der Waals surface area contributed by atoms with Crippen molar-refractivity contribution in [3.63, 3.8) is 0 Å². The monoisotopic (exact) mass is 394 g/mol. The van der Waals surface area contributed by atoms with E-state index in [-0.39, 0.29) is 0 Å². The topological polar surface area (TPSA) is 25.8 Å². The zero-order valence-electron chi connectivity index (χ0n) is 18.5. The lowest BCUT2D eigenvalue weighted by Crippen LogP contribution is -1.99. The van der Waals surface area contributed by atoms with Crippen molar-refractivity contribution in [2.45, 2.75) is 53.4 Å². The van der Waals surface area contributed by atoms with E-state index in [0.717, 1.165) is 48.1 Å². The van der Waals surface area contributed by atoms with E-state index >= 15 is 0 Å². The summed E-state index contributed by atoms with van der Waals surface area (Å²) in [6, 6.07) is 21.9. The van der Waals surface area contributed by atoms with Crippen LogP contribution in [0.5, 0.6) is 0 Å². The minimum Gasteiger partial charge on any atom is -0.244 e. The summed E-state index contributed by atoms with van der Waals surface area (Å²) < 4.78 is 0. The lowest BCUT2D eigenvalue weighted by atomic mass is 9.95. The second-order valence-electron chi connectivity index (χ2n) is 7.90. The molecule has 0 aliphatic rings. The minimum atomic E-state index is 0.943. The fourth-order valence-corrected chi connectivity index (χ4v) is 4.02. The molecule has 1 aromatic heterocycles. The van der Waals surface area contributed by atoms with Crippen LogP contribution in [0.1, 0.15) is 49.9 Å². The van der Waals surface area contributed by atoms with Crippen LogP contribution in [0.2, 0.25) is 0 Å². The van der Waals surface area contributed by atoms with Gasteiger partial charge in [-0.2, -0.15) is 0 Å². The van der Waals surface area contributed by atoms with Gasteiger partial charge in [-0.15, -0.1) is 0 Å². The molecule has 152 valence electrons. The second kappa shape index (κ2) is 8.79. The lowest BCUT2D eigenvalue weighted by molar-refractivity contribution is 1.08. The van der Waals surface area contributed by atoms with Gasteiger partial charge in [0.25, 0.3) is 0 Å². The summed E-state index contributed by atoms with van der Waals surface area (Å²) in [6.45, 7) is 8.85. The van der Waals surface area contributed by atoms with Gasteiger partial charge in [-0.3, -0.25) is 0 Å². The maximum absolute atomic E-state index is 5.12. The molecule has 0 bridgehead atoms. The largest absolute Gasteiger partial charge is 0.244 e. The van der Waals surface area contributed by atoms with E-state index in [0.29, 0.717) is 0 Å². The summed E-state index contributed by atoms with van der Waals surface area (Å²) in [5.74, 6) is 0. The van der Waals surface area contributed by atoms with Crippen molar-refractivity contribution in [3.05, 3.63) is 82.9 Å². The molecule has 1 heterocycles. The number of aromatic nitrogens is 2. The van der Waals surface area contributed by atoms with Gasteiger partial charge in [-0.25, -0.2) is 9.97 Å². The number of hydrogen-bond donors (Lipinski definition) is 0. The van der Waals surface area contributed by atoms with Crippen LogP contribution in [0.4, 0.5) is 0 Å². The molecule has 0 N–H and O–H groups in total. The van der Waals surface area contributed by atoms with Crippen LogP contribution < -0.4 is 0 Å². The van der Waals surface area contributed by atoms with Gasteiger partial charge in [0.2, 0.25) is 0 Å². The zero-order valence-corrected chi connectivity index (χ0v) is 18.5. The van der Waals surface area contributed by atoms with Gasteiger partial charge >= 0.3 is 0 Å². The molecule has 0 saturated carbocycles. The first-order valence-corrected chi connectivity index (χ1v) is 11.2. The third-order valence-electron chi connectivity index (χ3n) is 5.86. The van der Waals surface area contributed by atoms with Gasteiger partial charge < -0.3 is 0 Å². The van der Waals surface area contributed by atoms with Crippen molar-refractivity contribution < 1.29 is 0 Å². The second-order valence-corrected chi connectivity index (χ2v) is 7.90. The van der Waals surface area contributed by atoms with Gasteiger partial charge in [0, 0.05) is 11.1 Å². The van der Waals surface area contributed by atoms with Crippen molar-refractivity contribution in [3.8, 4) is 22.5 Å². The third kappa shape index (κ3) is 4.00. The Morgan fingerprint density at radius 3 is 1.13 bits per heavy atom. The third-order valence-corrected chi connectivity index (χ3v) is 5.86. The number of benzene rings is 3. The van der Waals surface area contributed by atoms with Crippen molar-refractivity contribution >= 4 is 11.0 Å². The molecule has 0 saturated heterocycles. The number of rotatable bonds is 6. The minimum absolute atomic E-state index is 0.943. The quantitative estimate of drug-likeness (QED) is 0.345. The summed E-state index contributed by atoms with van der Waals surface area (Å²) in [5.41, 5.74) is 11.6. The molecule has 3 aromatic carbocycles. The van der Waals surface area contributed by atoms with E-state index in [9.17, 15) is 0 Å². The average molecular weight is 395 g/mol. The first kappa shape index (κ1) is 20.3.